The Hall–Kier alpha value is -0.220. The van der Waals surface area contributed by atoms with E-state index in [0.29, 0.717) is 24.3 Å². The Morgan fingerprint density at radius 2 is 2.22 bits per heavy atom. The number of nitrogens with one attached hydrogen (secondary N) is 1. The molecular weight excluding hydrogens is 244 g/mol. The van der Waals surface area contributed by atoms with Gasteiger partial charge < -0.3 is 11.1 Å². The van der Waals surface area contributed by atoms with Crippen LogP contribution in [0.15, 0.2) is 0 Å². The molecule has 1 aliphatic heterocycles. The predicted octanol–water partition coefficient (Wildman–Crippen LogP) is 2.40. The standard InChI is InChI=1S/C14H28N2OS/c1-11(2)12(7-8-15)5-6-14(17)16-13-4-3-9-18-10-13/h11-13H,3-10,15H2,1-2H3,(H,16,17). The van der Waals surface area contributed by atoms with Crippen LogP contribution < -0.4 is 11.1 Å². The van der Waals surface area contributed by atoms with Gasteiger partial charge in [0, 0.05) is 18.2 Å². The SMILES string of the molecule is CC(C)C(CCN)CCC(=O)NC1CCCSC1. The maximum atomic E-state index is 11.9. The highest BCUT2D eigenvalue weighted by molar-refractivity contribution is 7.99. The second kappa shape index (κ2) is 8.81. The van der Waals surface area contributed by atoms with Crippen LogP contribution in [-0.2, 0) is 4.79 Å². The van der Waals surface area contributed by atoms with Gasteiger partial charge in [-0.05, 0) is 49.8 Å². The van der Waals surface area contributed by atoms with Crippen molar-refractivity contribution in [1.82, 2.24) is 5.32 Å². The number of hydrogen-bond acceptors (Lipinski definition) is 3. The summed E-state index contributed by atoms with van der Waals surface area (Å²) in [6.07, 6.45) is 5.04. The lowest BCUT2D eigenvalue weighted by atomic mass is 9.88. The molecule has 4 heteroatoms. The van der Waals surface area contributed by atoms with Crippen molar-refractivity contribution in [1.29, 1.82) is 0 Å². The molecule has 2 atom stereocenters. The molecule has 1 amide bonds. The van der Waals surface area contributed by atoms with Crippen LogP contribution in [0.3, 0.4) is 0 Å². The van der Waals surface area contributed by atoms with Gasteiger partial charge in [0.1, 0.15) is 0 Å². The van der Waals surface area contributed by atoms with Gasteiger partial charge in [0.2, 0.25) is 5.91 Å². The highest BCUT2D eigenvalue weighted by Crippen LogP contribution is 2.21. The topological polar surface area (TPSA) is 55.1 Å². The van der Waals surface area contributed by atoms with Crippen LogP contribution in [-0.4, -0.2) is 30.0 Å². The molecule has 0 aliphatic carbocycles. The quantitative estimate of drug-likeness (QED) is 0.748. The molecule has 1 saturated heterocycles. The maximum absolute atomic E-state index is 11.9. The van der Waals surface area contributed by atoms with Crippen molar-refractivity contribution >= 4 is 17.7 Å². The summed E-state index contributed by atoms with van der Waals surface area (Å²) in [6.45, 7) is 5.16. The van der Waals surface area contributed by atoms with Gasteiger partial charge in [0.15, 0.2) is 0 Å². The molecule has 1 heterocycles. The van der Waals surface area contributed by atoms with E-state index < -0.39 is 0 Å². The number of hydrogen-bond donors (Lipinski definition) is 2. The molecule has 0 bridgehead atoms. The summed E-state index contributed by atoms with van der Waals surface area (Å²) in [4.78, 5) is 11.9. The van der Waals surface area contributed by atoms with Crippen LogP contribution in [0, 0.1) is 11.8 Å². The highest BCUT2D eigenvalue weighted by Gasteiger charge is 2.18. The van der Waals surface area contributed by atoms with Gasteiger partial charge in [-0.15, -0.1) is 0 Å². The van der Waals surface area contributed by atoms with E-state index in [0.717, 1.165) is 31.6 Å². The maximum Gasteiger partial charge on any atom is 0.220 e. The first kappa shape index (κ1) is 15.8. The van der Waals surface area contributed by atoms with Crippen LogP contribution in [0.25, 0.3) is 0 Å². The summed E-state index contributed by atoms with van der Waals surface area (Å²) in [6, 6.07) is 0.406. The van der Waals surface area contributed by atoms with Crippen LogP contribution in [0.1, 0.15) is 46.0 Å². The van der Waals surface area contributed by atoms with E-state index in [-0.39, 0.29) is 5.91 Å². The second-order valence-corrected chi connectivity index (χ2v) is 6.75. The number of thioether (sulfide) groups is 1. The van der Waals surface area contributed by atoms with Gasteiger partial charge in [0.05, 0.1) is 0 Å². The normalized spacial score (nSPS) is 21.9. The zero-order valence-electron chi connectivity index (χ0n) is 11.8. The van der Waals surface area contributed by atoms with Crippen molar-refractivity contribution in [3.05, 3.63) is 0 Å². The smallest absolute Gasteiger partial charge is 0.220 e. The Bertz CT molecular complexity index is 240. The summed E-state index contributed by atoms with van der Waals surface area (Å²) in [5.74, 6) is 3.76. The lowest BCUT2D eigenvalue weighted by Crippen LogP contribution is -2.38. The third kappa shape index (κ3) is 6.10. The molecular formula is C14H28N2OS. The second-order valence-electron chi connectivity index (χ2n) is 5.60. The average Bonchev–Trinajstić information content (AvgIpc) is 2.35. The summed E-state index contributed by atoms with van der Waals surface area (Å²) >= 11 is 1.95. The van der Waals surface area contributed by atoms with E-state index >= 15 is 0 Å². The fourth-order valence-electron chi connectivity index (χ4n) is 2.50. The molecule has 1 fully saturated rings. The van der Waals surface area contributed by atoms with Crippen molar-refractivity contribution in [2.24, 2.45) is 17.6 Å². The minimum atomic E-state index is 0.227. The summed E-state index contributed by atoms with van der Waals surface area (Å²) < 4.78 is 0. The van der Waals surface area contributed by atoms with Gasteiger partial charge in [-0.3, -0.25) is 4.79 Å². The minimum absolute atomic E-state index is 0.227. The van der Waals surface area contributed by atoms with Crippen LogP contribution in [0.4, 0.5) is 0 Å². The van der Waals surface area contributed by atoms with E-state index in [1.807, 2.05) is 11.8 Å². The Morgan fingerprint density at radius 3 is 2.78 bits per heavy atom. The molecule has 3 nitrogen and oxygen atoms in total. The van der Waals surface area contributed by atoms with Crippen molar-refractivity contribution in [3.8, 4) is 0 Å². The molecule has 0 aromatic heterocycles. The van der Waals surface area contributed by atoms with Gasteiger partial charge in [-0.25, -0.2) is 0 Å². The molecule has 18 heavy (non-hydrogen) atoms. The lowest BCUT2D eigenvalue weighted by Gasteiger charge is -2.24. The first-order chi connectivity index (χ1) is 8.63. The average molecular weight is 272 g/mol. The van der Waals surface area contributed by atoms with Gasteiger partial charge in [0.25, 0.3) is 0 Å². The van der Waals surface area contributed by atoms with Crippen LogP contribution >= 0.6 is 11.8 Å². The van der Waals surface area contributed by atoms with E-state index in [2.05, 4.69) is 19.2 Å². The molecule has 3 N–H and O–H groups in total. The fourth-order valence-corrected chi connectivity index (χ4v) is 3.57. The number of carbonyl (C=O) groups is 1. The Morgan fingerprint density at radius 1 is 1.44 bits per heavy atom. The van der Waals surface area contributed by atoms with Crippen molar-refractivity contribution in [3.63, 3.8) is 0 Å². The third-order valence-electron chi connectivity index (χ3n) is 3.75. The summed E-state index contributed by atoms with van der Waals surface area (Å²) in [5.41, 5.74) is 5.62. The summed E-state index contributed by atoms with van der Waals surface area (Å²) in [5, 5.41) is 3.16. The molecule has 0 spiro atoms. The fraction of sp³-hybridized carbons (Fsp3) is 0.929. The zero-order chi connectivity index (χ0) is 13.4. The van der Waals surface area contributed by atoms with Gasteiger partial charge in [-0.1, -0.05) is 13.8 Å². The van der Waals surface area contributed by atoms with E-state index in [9.17, 15) is 4.79 Å². The van der Waals surface area contributed by atoms with Crippen molar-refractivity contribution < 1.29 is 4.79 Å². The molecule has 0 radical (unpaired) electrons. The number of rotatable bonds is 7. The number of nitrogens with two attached hydrogens (primary N) is 1. The van der Waals surface area contributed by atoms with Crippen LogP contribution in [0.5, 0.6) is 0 Å². The Balaban J connectivity index is 2.21. The van der Waals surface area contributed by atoms with Gasteiger partial charge >= 0.3 is 0 Å². The Kier molecular flexibility index (Phi) is 7.75. The molecule has 0 aromatic carbocycles. The monoisotopic (exact) mass is 272 g/mol. The summed E-state index contributed by atoms with van der Waals surface area (Å²) in [7, 11) is 0. The first-order valence-corrected chi connectivity index (χ1v) is 8.36. The molecule has 0 saturated carbocycles. The lowest BCUT2D eigenvalue weighted by molar-refractivity contribution is -0.122. The molecule has 1 rings (SSSR count). The first-order valence-electron chi connectivity index (χ1n) is 7.20. The van der Waals surface area contributed by atoms with E-state index in [1.54, 1.807) is 0 Å². The number of amides is 1. The minimum Gasteiger partial charge on any atom is -0.353 e. The predicted molar refractivity (Wildman–Crippen MR) is 79.7 cm³/mol. The molecule has 2 unspecified atom stereocenters. The van der Waals surface area contributed by atoms with Crippen LogP contribution in [0.2, 0.25) is 0 Å². The molecule has 1 aliphatic rings. The van der Waals surface area contributed by atoms with Crippen molar-refractivity contribution in [2.75, 3.05) is 18.1 Å². The third-order valence-corrected chi connectivity index (χ3v) is 4.96. The largest absolute Gasteiger partial charge is 0.353 e. The zero-order valence-corrected chi connectivity index (χ0v) is 12.6. The van der Waals surface area contributed by atoms with E-state index in [4.69, 9.17) is 5.73 Å². The molecule has 106 valence electrons. The van der Waals surface area contributed by atoms with E-state index in [1.165, 1.54) is 12.2 Å². The van der Waals surface area contributed by atoms with Crippen molar-refractivity contribution in [2.45, 2.75) is 52.0 Å². The van der Waals surface area contributed by atoms with Gasteiger partial charge in [-0.2, -0.15) is 11.8 Å². The highest BCUT2D eigenvalue weighted by atomic mass is 32.2. The molecule has 0 aromatic rings. The number of carbonyl (C=O) groups excluding carboxylic acids is 1. The Labute approximate surface area is 116 Å².